The Morgan fingerprint density at radius 3 is 2.52 bits per heavy atom. The molecule has 3 aromatic rings. The molecule has 8 nitrogen and oxygen atoms in total. The Balaban J connectivity index is 1.42. The number of hydrogen-bond acceptors (Lipinski definition) is 7. The maximum atomic E-state index is 5.86. The number of fused-ring (bicyclic) bond motifs is 1. The van der Waals surface area contributed by atoms with E-state index in [4.69, 9.17) is 4.74 Å². The van der Waals surface area contributed by atoms with Gasteiger partial charge in [0.15, 0.2) is 0 Å². The second kappa shape index (κ2) is 7.87. The van der Waals surface area contributed by atoms with Crippen LogP contribution >= 0.6 is 0 Å². The van der Waals surface area contributed by atoms with Gasteiger partial charge in [0.1, 0.15) is 6.33 Å². The first-order valence-corrected chi connectivity index (χ1v) is 9.42. The number of ether oxygens (including phenoxy) is 1. The lowest BCUT2D eigenvalue weighted by molar-refractivity contribution is 0.235. The van der Waals surface area contributed by atoms with Crippen molar-refractivity contribution < 1.29 is 4.74 Å². The van der Waals surface area contributed by atoms with Gasteiger partial charge in [0, 0.05) is 38.4 Å². The topological polar surface area (TPSA) is 72.2 Å². The minimum Gasteiger partial charge on any atom is -0.474 e. The largest absolute Gasteiger partial charge is 0.474 e. The Kier molecular flexibility index (Phi) is 5.15. The number of hydrogen-bond donors (Lipinski definition) is 0. The van der Waals surface area contributed by atoms with E-state index >= 15 is 0 Å². The zero-order valence-electron chi connectivity index (χ0n) is 15.8. The molecule has 142 valence electrons. The number of nitrogens with zero attached hydrogens (tertiary/aromatic N) is 7. The molecule has 0 atom stereocenters. The average molecular weight is 367 g/mol. The summed E-state index contributed by atoms with van der Waals surface area (Å²) >= 11 is 0. The first kappa shape index (κ1) is 17.7. The van der Waals surface area contributed by atoms with Gasteiger partial charge in [-0.3, -0.25) is 4.90 Å². The molecule has 1 aliphatic heterocycles. The molecule has 4 rings (SSSR count). The molecule has 2 aromatic heterocycles. The maximum absolute atomic E-state index is 5.86. The smallest absolute Gasteiger partial charge is 0.224 e. The van der Waals surface area contributed by atoms with E-state index in [1.165, 1.54) is 5.69 Å². The summed E-state index contributed by atoms with van der Waals surface area (Å²) in [4.78, 5) is 15.3. The highest BCUT2D eigenvalue weighted by Crippen LogP contribution is 2.27. The standard InChI is InChI=1S/C19H25N7O/c1-15(2)27-19-17-13-16(3-4-18(17)20-14-21-19)25-10-7-24(8-11-25)9-12-26-22-5-6-23-26/h3-6,13-15H,7-12H2,1-2H3. The predicted molar refractivity (Wildman–Crippen MR) is 104 cm³/mol. The fourth-order valence-electron chi connectivity index (χ4n) is 3.35. The van der Waals surface area contributed by atoms with Crippen LogP contribution in [0.3, 0.4) is 0 Å². The normalized spacial score (nSPS) is 15.6. The Morgan fingerprint density at radius 1 is 1.00 bits per heavy atom. The van der Waals surface area contributed by atoms with E-state index < -0.39 is 0 Å². The van der Waals surface area contributed by atoms with Crippen molar-refractivity contribution in [3.63, 3.8) is 0 Å². The summed E-state index contributed by atoms with van der Waals surface area (Å²) < 4.78 is 5.86. The van der Waals surface area contributed by atoms with Crippen molar-refractivity contribution in [3.05, 3.63) is 36.9 Å². The highest BCUT2D eigenvalue weighted by atomic mass is 16.5. The van der Waals surface area contributed by atoms with Crippen LogP contribution in [-0.4, -0.2) is 68.7 Å². The molecule has 0 bridgehead atoms. The van der Waals surface area contributed by atoms with Crippen LogP contribution < -0.4 is 9.64 Å². The van der Waals surface area contributed by atoms with E-state index in [-0.39, 0.29) is 6.10 Å². The lowest BCUT2D eigenvalue weighted by Crippen LogP contribution is -2.47. The average Bonchev–Trinajstić information content (AvgIpc) is 3.20. The van der Waals surface area contributed by atoms with Crippen LogP contribution in [0, 0.1) is 0 Å². The van der Waals surface area contributed by atoms with Crippen LogP contribution in [0.1, 0.15) is 13.8 Å². The van der Waals surface area contributed by atoms with Crippen LogP contribution in [0.15, 0.2) is 36.9 Å². The molecule has 0 unspecified atom stereocenters. The summed E-state index contributed by atoms with van der Waals surface area (Å²) in [5.41, 5.74) is 2.11. The molecule has 1 fully saturated rings. The molecule has 0 spiro atoms. The molecule has 0 amide bonds. The van der Waals surface area contributed by atoms with Gasteiger partial charge in [0.05, 0.1) is 35.9 Å². The highest BCUT2D eigenvalue weighted by molar-refractivity contribution is 5.86. The van der Waals surface area contributed by atoms with Crippen LogP contribution in [0.5, 0.6) is 5.88 Å². The third-order valence-electron chi connectivity index (χ3n) is 4.75. The molecule has 1 saturated heterocycles. The summed E-state index contributed by atoms with van der Waals surface area (Å²) in [6.45, 7) is 9.86. The molecule has 0 saturated carbocycles. The Hall–Kier alpha value is -2.74. The Labute approximate surface area is 158 Å². The molecule has 1 aromatic carbocycles. The number of rotatable bonds is 6. The van der Waals surface area contributed by atoms with Crippen LogP contribution in [0.2, 0.25) is 0 Å². The molecular formula is C19H25N7O. The van der Waals surface area contributed by atoms with E-state index in [9.17, 15) is 0 Å². The summed E-state index contributed by atoms with van der Waals surface area (Å²) in [5.74, 6) is 0.655. The zero-order chi connectivity index (χ0) is 18.6. The first-order valence-electron chi connectivity index (χ1n) is 9.42. The Bertz CT molecular complexity index is 873. The monoisotopic (exact) mass is 367 g/mol. The number of anilines is 1. The second-order valence-electron chi connectivity index (χ2n) is 7.00. The van der Waals surface area contributed by atoms with Crippen LogP contribution in [0.25, 0.3) is 10.9 Å². The van der Waals surface area contributed by atoms with Crippen LogP contribution in [-0.2, 0) is 6.54 Å². The van der Waals surface area contributed by atoms with Crippen molar-refractivity contribution in [2.75, 3.05) is 37.6 Å². The molecular weight excluding hydrogens is 342 g/mol. The fourth-order valence-corrected chi connectivity index (χ4v) is 3.35. The highest BCUT2D eigenvalue weighted by Gasteiger charge is 2.18. The number of benzene rings is 1. The maximum Gasteiger partial charge on any atom is 0.224 e. The van der Waals surface area contributed by atoms with Crippen molar-refractivity contribution in [2.45, 2.75) is 26.5 Å². The number of aromatic nitrogens is 5. The molecule has 0 N–H and O–H groups in total. The first-order chi connectivity index (χ1) is 13.2. The second-order valence-corrected chi connectivity index (χ2v) is 7.00. The Morgan fingerprint density at radius 2 is 1.78 bits per heavy atom. The fraction of sp³-hybridized carbons (Fsp3) is 0.474. The van der Waals surface area contributed by atoms with Crippen molar-refractivity contribution >= 4 is 16.6 Å². The molecule has 3 heterocycles. The van der Waals surface area contributed by atoms with Crippen LogP contribution in [0.4, 0.5) is 5.69 Å². The molecule has 0 radical (unpaired) electrons. The van der Waals surface area contributed by atoms with Gasteiger partial charge in [-0.05, 0) is 32.0 Å². The van der Waals surface area contributed by atoms with Crippen molar-refractivity contribution in [1.82, 2.24) is 29.9 Å². The minimum absolute atomic E-state index is 0.0829. The van der Waals surface area contributed by atoms with Gasteiger partial charge in [-0.1, -0.05) is 0 Å². The SMILES string of the molecule is CC(C)Oc1ncnc2ccc(N3CCN(CCn4nccn4)CC3)cc12. The van der Waals surface area contributed by atoms with Gasteiger partial charge in [0.2, 0.25) is 5.88 Å². The van der Waals surface area contributed by atoms with Gasteiger partial charge in [-0.2, -0.15) is 15.0 Å². The lowest BCUT2D eigenvalue weighted by Gasteiger charge is -2.36. The molecule has 0 aliphatic carbocycles. The van der Waals surface area contributed by atoms with Crippen molar-refractivity contribution in [1.29, 1.82) is 0 Å². The zero-order valence-corrected chi connectivity index (χ0v) is 15.8. The summed E-state index contributed by atoms with van der Waals surface area (Å²) in [6.07, 6.45) is 5.09. The van der Waals surface area contributed by atoms with Gasteiger partial charge in [-0.25, -0.2) is 9.97 Å². The summed E-state index contributed by atoms with van der Waals surface area (Å²) in [7, 11) is 0. The van der Waals surface area contributed by atoms with Gasteiger partial charge >= 0.3 is 0 Å². The third kappa shape index (κ3) is 4.16. The van der Waals surface area contributed by atoms with E-state index in [1.54, 1.807) is 23.5 Å². The minimum atomic E-state index is 0.0829. The molecule has 8 heteroatoms. The van der Waals surface area contributed by atoms with E-state index in [0.717, 1.165) is 50.2 Å². The third-order valence-corrected chi connectivity index (χ3v) is 4.75. The van der Waals surface area contributed by atoms with Crippen molar-refractivity contribution in [3.8, 4) is 5.88 Å². The quantitative estimate of drug-likeness (QED) is 0.658. The van der Waals surface area contributed by atoms with E-state index in [0.29, 0.717) is 5.88 Å². The number of piperazine rings is 1. The predicted octanol–water partition coefficient (Wildman–Crippen LogP) is 1.83. The van der Waals surface area contributed by atoms with E-state index in [1.807, 2.05) is 13.8 Å². The van der Waals surface area contributed by atoms with Crippen molar-refractivity contribution in [2.24, 2.45) is 0 Å². The molecule has 27 heavy (non-hydrogen) atoms. The van der Waals surface area contributed by atoms with Gasteiger partial charge in [0.25, 0.3) is 0 Å². The van der Waals surface area contributed by atoms with Gasteiger partial charge < -0.3 is 9.64 Å². The van der Waals surface area contributed by atoms with E-state index in [2.05, 4.69) is 48.2 Å². The summed E-state index contributed by atoms with van der Waals surface area (Å²) in [6, 6.07) is 6.34. The lowest BCUT2D eigenvalue weighted by atomic mass is 10.2. The molecule has 1 aliphatic rings. The van der Waals surface area contributed by atoms with Gasteiger partial charge in [-0.15, -0.1) is 0 Å². The summed E-state index contributed by atoms with van der Waals surface area (Å²) in [5, 5.41) is 9.30.